The summed E-state index contributed by atoms with van der Waals surface area (Å²) in [4.78, 5) is 0.108. The van der Waals surface area contributed by atoms with Gasteiger partial charge in [-0.2, -0.15) is 0 Å². The number of ether oxygens (including phenoxy) is 3. The van der Waals surface area contributed by atoms with E-state index in [0.717, 1.165) is 0 Å². The van der Waals surface area contributed by atoms with Crippen molar-refractivity contribution >= 4 is 20.0 Å². The molecular weight excluding hydrogens is 420 g/mol. The van der Waals surface area contributed by atoms with Gasteiger partial charge in [-0.1, -0.05) is 12.1 Å². The second kappa shape index (κ2) is 10.0. The highest BCUT2D eigenvalue weighted by Crippen LogP contribution is 2.29. The number of hydrogen-bond acceptors (Lipinski definition) is 7. The number of sulfonamides is 2. The summed E-state index contributed by atoms with van der Waals surface area (Å²) < 4.78 is 69.2. The predicted octanol–water partition coefficient (Wildman–Crippen LogP) is 1.11. The fraction of sp³-hybridized carbons (Fsp3) is 0.333. The Hall–Kier alpha value is -2.18. The van der Waals surface area contributed by atoms with Crippen LogP contribution >= 0.6 is 0 Å². The maximum Gasteiger partial charge on any atom is 0.241 e. The summed E-state index contributed by atoms with van der Waals surface area (Å²) in [7, 11) is -3.09. The van der Waals surface area contributed by atoms with Gasteiger partial charge in [-0.25, -0.2) is 26.3 Å². The molecule has 0 saturated heterocycles. The minimum atomic E-state index is -3.80. The first-order valence-corrected chi connectivity index (χ1v) is 11.5. The van der Waals surface area contributed by atoms with Crippen LogP contribution in [-0.2, 0) is 31.3 Å². The van der Waals surface area contributed by atoms with Crippen LogP contribution < -0.4 is 18.9 Å². The minimum Gasteiger partial charge on any atom is -0.493 e. The smallest absolute Gasteiger partial charge is 0.241 e. The zero-order valence-corrected chi connectivity index (χ0v) is 18.0. The van der Waals surface area contributed by atoms with Crippen LogP contribution in [0.25, 0.3) is 0 Å². The molecule has 0 saturated carbocycles. The van der Waals surface area contributed by atoms with Gasteiger partial charge in [0.25, 0.3) is 0 Å². The van der Waals surface area contributed by atoms with Gasteiger partial charge in [-0.3, -0.25) is 0 Å². The Bertz CT molecular complexity index is 1020. The molecule has 0 heterocycles. The number of benzene rings is 2. The second-order valence-corrected chi connectivity index (χ2v) is 9.41. The molecule has 0 aliphatic carbocycles. The Kier molecular flexibility index (Phi) is 7.99. The van der Waals surface area contributed by atoms with Gasteiger partial charge in [0.05, 0.1) is 30.6 Å². The van der Waals surface area contributed by atoms with E-state index in [2.05, 4.69) is 9.44 Å². The standard InChI is InChI=1S/C18H24N2O7S2/c1-25-11-10-19-28(21,22)15-6-4-14(5-7-15)13-20-29(23,24)16-8-9-17(26-2)18(12-16)27-3/h4-9,12,19-20H,10-11,13H2,1-3H3. The SMILES string of the molecule is COCCNS(=O)(=O)c1ccc(CNS(=O)(=O)c2ccc(OC)c(OC)c2)cc1. The zero-order valence-electron chi connectivity index (χ0n) is 16.3. The third-order valence-electron chi connectivity index (χ3n) is 3.96. The lowest BCUT2D eigenvalue weighted by atomic mass is 10.2. The van der Waals surface area contributed by atoms with E-state index < -0.39 is 20.0 Å². The fourth-order valence-electron chi connectivity index (χ4n) is 2.39. The molecule has 0 unspecified atom stereocenters. The summed E-state index contributed by atoms with van der Waals surface area (Å²) in [5, 5.41) is 0. The van der Waals surface area contributed by atoms with Crippen molar-refractivity contribution in [3.63, 3.8) is 0 Å². The Morgan fingerprint density at radius 3 is 1.93 bits per heavy atom. The molecule has 0 atom stereocenters. The van der Waals surface area contributed by atoms with Crippen molar-refractivity contribution in [1.29, 1.82) is 0 Å². The van der Waals surface area contributed by atoms with E-state index in [-0.39, 0.29) is 29.5 Å². The topological polar surface area (TPSA) is 120 Å². The van der Waals surface area contributed by atoms with Crippen molar-refractivity contribution in [3.8, 4) is 11.5 Å². The van der Waals surface area contributed by atoms with Gasteiger partial charge in [-0.15, -0.1) is 0 Å². The molecule has 0 fully saturated rings. The summed E-state index contributed by atoms with van der Waals surface area (Å²) in [5.74, 6) is 0.716. The third-order valence-corrected chi connectivity index (χ3v) is 6.84. The van der Waals surface area contributed by atoms with Gasteiger partial charge in [0.15, 0.2) is 11.5 Å². The molecule has 9 nitrogen and oxygen atoms in total. The monoisotopic (exact) mass is 444 g/mol. The molecule has 0 bridgehead atoms. The predicted molar refractivity (Wildman–Crippen MR) is 107 cm³/mol. The summed E-state index contributed by atoms with van der Waals surface area (Å²) in [5.41, 5.74) is 0.602. The van der Waals surface area contributed by atoms with Gasteiger partial charge in [0.2, 0.25) is 20.0 Å². The normalized spacial score (nSPS) is 12.0. The quantitative estimate of drug-likeness (QED) is 0.498. The molecule has 2 aromatic rings. The molecule has 0 amide bonds. The van der Waals surface area contributed by atoms with Crippen molar-refractivity contribution in [2.75, 3.05) is 34.5 Å². The van der Waals surface area contributed by atoms with Crippen molar-refractivity contribution in [2.45, 2.75) is 16.3 Å². The van der Waals surface area contributed by atoms with Gasteiger partial charge >= 0.3 is 0 Å². The van der Waals surface area contributed by atoms with Crippen molar-refractivity contribution in [1.82, 2.24) is 9.44 Å². The lowest BCUT2D eigenvalue weighted by Gasteiger charge is -2.11. The summed E-state index contributed by atoms with van der Waals surface area (Å²) in [6.07, 6.45) is 0. The Balaban J connectivity index is 2.07. The van der Waals surface area contributed by atoms with E-state index in [1.807, 2.05) is 0 Å². The van der Waals surface area contributed by atoms with E-state index in [1.54, 1.807) is 12.1 Å². The van der Waals surface area contributed by atoms with Crippen LogP contribution in [0.4, 0.5) is 0 Å². The third kappa shape index (κ3) is 6.15. The highest BCUT2D eigenvalue weighted by atomic mass is 32.2. The van der Waals surface area contributed by atoms with E-state index in [0.29, 0.717) is 17.1 Å². The molecule has 0 aliphatic heterocycles. The number of hydrogen-bond donors (Lipinski definition) is 2. The first-order chi connectivity index (χ1) is 13.7. The minimum absolute atomic E-state index is 0.00584. The highest BCUT2D eigenvalue weighted by Gasteiger charge is 2.17. The van der Waals surface area contributed by atoms with E-state index in [1.165, 1.54) is 51.7 Å². The molecule has 2 aromatic carbocycles. The van der Waals surface area contributed by atoms with Gasteiger partial charge in [-0.05, 0) is 29.8 Å². The average Bonchev–Trinajstić information content (AvgIpc) is 2.72. The van der Waals surface area contributed by atoms with Crippen LogP contribution in [0.5, 0.6) is 11.5 Å². The Morgan fingerprint density at radius 1 is 0.759 bits per heavy atom. The van der Waals surface area contributed by atoms with Crippen LogP contribution in [0.15, 0.2) is 52.3 Å². The fourth-order valence-corrected chi connectivity index (χ4v) is 4.44. The molecule has 11 heteroatoms. The highest BCUT2D eigenvalue weighted by molar-refractivity contribution is 7.89. The first-order valence-electron chi connectivity index (χ1n) is 8.52. The number of nitrogens with one attached hydrogen (secondary N) is 2. The molecule has 29 heavy (non-hydrogen) atoms. The summed E-state index contributed by atoms with van der Waals surface area (Å²) in [6.45, 7) is 0.412. The maximum atomic E-state index is 12.5. The molecular formula is C18H24N2O7S2. The zero-order chi connectivity index (χ0) is 21.5. The molecule has 0 aromatic heterocycles. The maximum absolute atomic E-state index is 12.5. The van der Waals surface area contributed by atoms with Crippen LogP contribution in [0.1, 0.15) is 5.56 Å². The summed E-state index contributed by atoms with van der Waals surface area (Å²) >= 11 is 0. The molecule has 0 spiro atoms. The van der Waals surface area contributed by atoms with E-state index in [9.17, 15) is 16.8 Å². The lowest BCUT2D eigenvalue weighted by molar-refractivity contribution is 0.204. The molecule has 0 radical (unpaired) electrons. The Morgan fingerprint density at radius 2 is 1.34 bits per heavy atom. The van der Waals surface area contributed by atoms with E-state index >= 15 is 0 Å². The van der Waals surface area contributed by atoms with Gasteiger partial charge < -0.3 is 14.2 Å². The summed E-state index contributed by atoms with van der Waals surface area (Å²) in [6, 6.07) is 10.2. The Labute approximate surface area is 171 Å². The molecule has 2 rings (SSSR count). The lowest BCUT2D eigenvalue weighted by Crippen LogP contribution is -2.27. The average molecular weight is 445 g/mol. The van der Waals surface area contributed by atoms with Gasteiger partial charge in [0.1, 0.15) is 0 Å². The molecule has 160 valence electrons. The second-order valence-electron chi connectivity index (χ2n) is 5.88. The first kappa shape index (κ1) is 23.1. The van der Waals surface area contributed by atoms with Crippen LogP contribution in [-0.4, -0.2) is 51.3 Å². The van der Waals surface area contributed by atoms with Crippen molar-refractivity contribution < 1.29 is 31.0 Å². The molecule has 0 aliphatic rings. The van der Waals surface area contributed by atoms with Crippen molar-refractivity contribution in [3.05, 3.63) is 48.0 Å². The van der Waals surface area contributed by atoms with Crippen LogP contribution in [0.2, 0.25) is 0 Å². The van der Waals surface area contributed by atoms with Crippen LogP contribution in [0.3, 0.4) is 0 Å². The van der Waals surface area contributed by atoms with Gasteiger partial charge in [0, 0.05) is 26.3 Å². The number of rotatable bonds is 11. The van der Waals surface area contributed by atoms with Crippen molar-refractivity contribution in [2.24, 2.45) is 0 Å². The van der Waals surface area contributed by atoms with E-state index in [4.69, 9.17) is 14.2 Å². The number of methoxy groups -OCH3 is 3. The van der Waals surface area contributed by atoms with Crippen LogP contribution in [0, 0.1) is 0 Å². The largest absolute Gasteiger partial charge is 0.493 e. The molecule has 2 N–H and O–H groups in total.